The van der Waals surface area contributed by atoms with Crippen molar-refractivity contribution in [2.75, 3.05) is 12.3 Å². The van der Waals surface area contributed by atoms with Gasteiger partial charge in [0.15, 0.2) is 5.78 Å². The quantitative estimate of drug-likeness (QED) is 0.631. The van der Waals surface area contributed by atoms with Crippen molar-refractivity contribution in [1.29, 1.82) is 0 Å². The number of rotatable bonds is 5. The van der Waals surface area contributed by atoms with E-state index in [2.05, 4.69) is 14.8 Å². The first-order chi connectivity index (χ1) is 13.3. The molecule has 1 saturated heterocycles. The highest BCUT2D eigenvalue weighted by atomic mass is 19.3. The van der Waals surface area contributed by atoms with Crippen LogP contribution in [0.4, 0.5) is 14.6 Å². The fourth-order valence-corrected chi connectivity index (χ4v) is 3.10. The Morgan fingerprint density at radius 2 is 2.07 bits per heavy atom. The zero-order chi connectivity index (χ0) is 20.3. The average molecular weight is 385 g/mol. The van der Waals surface area contributed by atoms with Crippen molar-refractivity contribution in [3.8, 4) is 11.1 Å². The van der Waals surface area contributed by atoms with Crippen molar-refractivity contribution in [2.45, 2.75) is 31.4 Å². The van der Waals surface area contributed by atoms with Gasteiger partial charge in [0.2, 0.25) is 5.91 Å². The summed E-state index contributed by atoms with van der Waals surface area (Å²) in [6.45, 7) is 6.21. The number of nitrogen functional groups attached to an aromatic ring is 1. The summed E-state index contributed by atoms with van der Waals surface area (Å²) in [7, 11) is 0. The molecule has 1 aliphatic rings. The summed E-state index contributed by atoms with van der Waals surface area (Å²) in [5, 5.41) is 0. The summed E-state index contributed by atoms with van der Waals surface area (Å²) in [5.41, 5.74) is 7.11. The highest BCUT2D eigenvalue weighted by Crippen LogP contribution is 2.33. The van der Waals surface area contributed by atoms with E-state index in [4.69, 9.17) is 12.3 Å². The second-order valence-electron chi connectivity index (χ2n) is 6.51. The van der Waals surface area contributed by atoms with E-state index >= 15 is 0 Å². The zero-order valence-corrected chi connectivity index (χ0v) is 14.8. The number of Topliss-reactive ketones (excluding diaryl/α,β-unsaturated/α-hetero) is 1. The normalized spacial score (nSPS) is 17.9. The first kappa shape index (κ1) is 19.4. The number of anilines is 1. The minimum Gasteiger partial charge on any atom is -0.384 e. The van der Waals surface area contributed by atoms with Crippen LogP contribution in [0.5, 0.6) is 0 Å². The number of nitrogens with zero attached hydrogens (tertiary/aromatic N) is 4. The van der Waals surface area contributed by atoms with E-state index in [1.54, 1.807) is 12.1 Å². The lowest BCUT2D eigenvalue weighted by atomic mass is 9.98. The maximum Gasteiger partial charge on any atom is 0.306 e. The number of carbonyl (C=O) groups is 2. The monoisotopic (exact) mass is 385 g/mol. The van der Waals surface area contributed by atoms with E-state index in [1.807, 2.05) is 0 Å². The van der Waals surface area contributed by atoms with Crippen LogP contribution in [0.15, 0.2) is 36.8 Å². The lowest BCUT2D eigenvalue weighted by molar-refractivity contribution is -0.132. The molecule has 3 rings (SSSR count). The van der Waals surface area contributed by atoms with Gasteiger partial charge in [0.05, 0.1) is 6.54 Å². The molecule has 0 radical (unpaired) electrons. The first-order valence-corrected chi connectivity index (χ1v) is 8.54. The molecule has 2 aromatic heterocycles. The summed E-state index contributed by atoms with van der Waals surface area (Å²) in [5.74, 6) is -3.69. The third-order valence-corrected chi connectivity index (χ3v) is 4.50. The molecule has 0 saturated carbocycles. The first-order valence-electron chi connectivity index (χ1n) is 8.54. The number of hydrogen-bond donors (Lipinski definition) is 1. The third-order valence-electron chi connectivity index (χ3n) is 4.50. The summed E-state index contributed by atoms with van der Waals surface area (Å²) in [6.07, 6.45) is 2.22. The average Bonchev–Trinajstić information content (AvgIpc) is 3.01. The summed E-state index contributed by atoms with van der Waals surface area (Å²) in [6, 6.07) is 4.83. The standard InChI is InChI=1S/C19H17F2N5O2/c1-23-17-8-19(20,21)11-26(17)18(28)5-3-15(27)13-6-7-24-10-14(13)12-2-4-16(22)25-9-12/h2,4,6-7,9-10,17H,3,5,8,11H2,(H2,22,25)/t17-/m0/s1. The highest BCUT2D eigenvalue weighted by Gasteiger charge is 2.50. The number of amides is 1. The number of alkyl halides is 2. The minimum absolute atomic E-state index is 0.162. The maximum absolute atomic E-state index is 13.5. The number of pyridine rings is 2. The number of hydrogen-bond acceptors (Lipinski definition) is 5. The Morgan fingerprint density at radius 1 is 1.29 bits per heavy atom. The summed E-state index contributed by atoms with van der Waals surface area (Å²) >= 11 is 0. The van der Waals surface area contributed by atoms with Gasteiger partial charge in [-0.3, -0.25) is 24.3 Å². The molecule has 0 bridgehead atoms. The molecule has 2 N–H and O–H groups in total. The predicted molar refractivity (Wildman–Crippen MR) is 97.1 cm³/mol. The number of nitrogens with two attached hydrogens (primary N) is 1. The molecule has 1 amide bonds. The van der Waals surface area contributed by atoms with Gasteiger partial charge in [-0.05, 0) is 18.2 Å². The van der Waals surface area contributed by atoms with Gasteiger partial charge in [-0.15, -0.1) is 0 Å². The Balaban J connectivity index is 1.72. The lowest BCUT2D eigenvalue weighted by Crippen LogP contribution is -2.35. The van der Waals surface area contributed by atoms with E-state index in [1.165, 1.54) is 24.7 Å². The molecule has 1 atom stereocenters. The molecule has 0 spiro atoms. The van der Waals surface area contributed by atoms with E-state index in [-0.39, 0.29) is 18.6 Å². The molecule has 7 nitrogen and oxygen atoms in total. The Labute approximate surface area is 160 Å². The fraction of sp³-hybridized carbons (Fsp3) is 0.316. The van der Waals surface area contributed by atoms with Crippen molar-refractivity contribution in [3.05, 3.63) is 53.8 Å². The van der Waals surface area contributed by atoms with Gasteiger partial charge in [0, 0.05) is 48.1 Å². The number of ketones is 1. The van der Waals surface area contributed by atoms with Crippen LogP contribution in [0.25, 0.3) is 16.0 Å². The molecule has 0 aliphatic carbocycles. The predicted octanol–water partition coefficient (Wildman–Crippen LogP) is 2.80. The van der Waals surface area contributed by atoms with Crippen LogP contribution >= 0.6 is 0 Å². The number of likely N-dealkylation sites (tertiary alicyclic amines) is 1. The maximum atomic E-state index is 13.5. The lowest BCUT2D eigenvalue weighted by Gasteiger charge is -2.16. The molecule has 9 heteroatoms. The Bertz CT molecular complexity index is 940. The molecular weight excluding hydrogens is 368 g/mol. The van der Waals surface area contributed by atoms with Crippen LogP contribution in [-0.4, -0.2) is 45.2 Å². The van der Waals surface area contributed by atoms with Crippen molar-refractivity contribution in [1.82, 2.24) is 14.9 Å². The number of carbonyl (C=O) groups excluding carboxylic acids is 2. The molecule has 0 aromatic carbocycles. The smallest absolute Gasteiger partial charge is 0.306 e. The fourth-order valence-electron chi connectivity index (χ4n) is 3.10. The largest absolute Gasteiger partial charge is 0.384 e. The molecule has 0 unspecified atom stereocenters. The van der Waals surface area contributed by atoms with E-state index in [9.17, 15) is 18.4 Å². The van der Waals surface area contributed by atoms with Crippen LogP contribution in [0.2, 0.25) is 0 Å². The molecule has 144 valence electrons. The summed E-state index contributed by atoms with van der Waals surface area (Å²) < 4.78 is 27.0. The van der Waals surface area contributed by atoms with Crippen molar-refractivity contribution in [3.63, 3.8) is 0 Å². The molecule has 1 fully saturated rings. The van der Waals surface area contributed by atoms with Crippen molar-refractivity contribution in [2.24, 2.45) is 0 Å². The van der Waals surface area contributed by atoms with Crippen molar-refractivity contribution < 1.29 is 18.4 Å². The Morgan fingerprint density at radius 3 is 2.75 bits per heavy atom. The minimum atomic E-state index is -3.07. The van der Waals surface area contributed by atoms with Crippen LogP contribution in [0.3, 0.4) is 0 Å². The summed E-state index contributed by atoms with van der Waals surface area (Å²) in [4.78, 5) is 36.9. The van der Waals surface area contributed by atoms with Crippen molar-refractivity contribution >= 4 is 17.5 Å². The highest BCUT2D eigenvalue weighted by molar-refractivity contribution is 6.03. The second kappa shape index (κ2) is 7.68. The van der Waals surface area contributed by atoms with Gasteiger partial charge in [-0.2, -0.15) is 0 Å². The van der Waals surface area contributed by atoms with Crippen LogP contribution in [0.1, 0.15) is 29.6 Å². The molecule has 2 aromatic rings. The van der Waals surface area contributed by atoms with Gasteiger partial charge >= 0.3 is 6.17 Å². The van der Waals surface area contributed by atoms with Gasteiger partial charge in [0.1, 0.15) is 12.2 Å². The molecule has 3 heterocycles. The molecule has 28 heavy (non-hydrogen) atoms. The Hall–Kier alpha value is -3.41. The van der Waals surface area contributed by atoms with Crippen LogP contribution in [0, 0.1) is 6.57 Å². The van der Waals surface area contributed by atoms with Gasteiger partial charge in [-0.25, -0.2) is 20.3 Å². The van der Waals surface area contributed by atoms with E-state index < -0.39 is 31.0 Å². The van der Waals surface area contributed by atoms with Gasteiger partial charge in [0.25, 0.3) is 5.92 Å². The molecule has 1 aliphatic heterocycles. The third kappa shape index (κ3) is 4.11. The van der Waals surface area contributed by atoms with E-state index in [0.29, 0.717) is 22.5 Å². The van der Waals surface area contributed by atoms with Gasteiger partial charge < -0.3 is 5.73 Å². The van der Waals surface area contributed by atoms with Crippen LogP contribution in [-0.2, 0) is 4.79 Å². The zero-order valence-electron chi connectivity index (χ0n) is 14.8. The topological polar surface area (TPSA) is 93.5 Å². The second-order valence-corrected chi connectivity index (χ2v) is 6.51. The van der Waals surface area contributed by atoms with Crippen LogP contribution < -0.4 is 5.73 Å². The Kier molecular flexibility index (Phi) is 5.31. The number of aromatic nitrogens is 2. The number of halogens is 2. The SMILES string of the molecule is [C-]#[N+][C@@H]1CC(F)(F)CN1C(=O)CCC(=O)c1ccncc1-c1ccc(N)nc1. The van der Waals surface area contributed by atoms with Gasteiger partial charge in [-0.1, -0.05) is 0 Å². The molecular formula is C19H17F2N5O2. The van der Waals surface area contributed by atoms with E-state index in [0.717, 1.165) is 4.90 Å².